The fraction of sp³-hybridized carbons (Fsp3) is 0.306. The Morgan fingerprint density at radius 3 is 2.24 bits per heavy atom. The molecule has 2 aliphatic heterocycles. The van der Waals surface area contributed by atoms with E-state index in [9.17, 15) is 39.8 Å². The largest absolute Gasteiger partial charge is 0.508 e. The molecule has 6 rings (SSSR count). The molecule has 0 aromatic heterocycles. The van der Waals surface area contributed by atoms with Crippen LogP contribution in [0.4, 0.5) is 10.1 Å². The quantitative estimate of drug-likeness (QED) is 0.153. The van der Waals surface area contributed by atoms with Crippen LogP contribution < -0.4 is 4.90 Å². The van der Waals surface area contributed by atoms with Crippen LogP contribution in [-0.2, 0) is 9.53 Å². The van der Waals surface area contributed by atoms with E-state index in [2.05, 4.69) is 0 Å². The van der Waals surface area contributed by atoms with Crippen molar-refractivity contribution in [1.29, 1.82) is 0 Å². The van der Waals surface area contributed by atoms with Crippen LogP contribution in [0, 0.1) is 11.7 Å². The predicted octanol–water partition coefficient (Wildman–Crippen LogP) is 3.93. The molecule has 0 bridgehead atoms. The lowest BCUT2D eigenvalue weighted by Crippen LogP contribution is -2.55. The molecule has 2 fully saturated rings. The number of para-hydroxylation sites is 1. The fourth-order valence-electron chi connectivity index (χ4n) is 6.63. The zero-order valence-corrected chi connectivity index (χ0v) is 24.8. The first-order valence-corrected chi connectivity index (χ1v) is 15.2. The summed E-state index contributed by atoms with van der Waals surface area (Å²) in [6.45, 7) is -0.560. The van der Waals surface area contributed by atoms with Crippen LogP contribution in [0.5, 0.6) is 5.75 Å². The highest BCUT2D eigenvalue weighted by atomic mass is 19.1. The van der Waals surface area contributed by atoms with Crippen molar-refractivity contribution in [1.82, 2.24) is 0 Å². The smallest absolute Gasteiger partial charge is 0.233 e. The Bertz CT molecular complexity index is 1680. The van der Waals surface area contributed by atoms with E-state index >= 15 is 0 Å². The van der Waals surface area contributed by atoms with Gasteiger partial charge in [-0.3, -0.25) is 4.79 Å². The van der Waals surface area contributed by atoms with Gasteiger partial charge in [0.2, 0.25) is 5.91 Å². The van der Waals surface area contributed by atoms with Crippen molar-refractivity contribution in [3.63, 3.8) is 0 Å². The number of β-lactam (4-membered cyclic amide) rings is 1. The number of amides is 1. The van der Waals surface area contributed by atoms with Crippen LogP contribution in [-0.4, -0.2) is 67.6 Å². The van der Waals surface area contributed by atoms with Gasteiger partial charge in [0.1, 0.15) is 42.1 Å². The van der Waals surface area contributed by atoms with Crippen LogP contribution in [0.15, 0.2) is 97.1 Å². The number of ether oxygens (including phenoxy) is 1. The Morgan fingerprint density at radius 2 is 1.52 bits per heavy atom. The van der Waals surface area contributed by atoms with E-state index in [4.69, 9.17) is 4.74 Å². The van der Waals surface area contributed by atoms with Crippen molar-refractivity contribution in [3.05, 3.63) is 120 Å². The first-order valence-electron chi connectivity index (χ1n) is 15.2. The number of benzene rings is 4. The number of aromatic hydroxyl groups is 1. The summed E-state index contributed by atoms with van der Waals surface area (Å²) in [5, 5.41) is 63.3. The molecular weight excluding hydrogens is 593 g/mol. The van der Waals surface area contributed by atoms with E-state index < -0.39 is 61.0 Å². The van der Waals surface area contributed by atoms with E-state index in [0.717, 1.165) is 0 Å². The molecule has 2 saturated heterocycles. The lowest BCUT2D eigenvalue weighted by molar-refractivity contribution is -0.231. The van der Waals surface area contributed by atoms with Gasteiger partial charge < -0.3 is 40.3 Å². The molecule has 9 nitrogen and oxygen atoms in total. The molecule has 8 atom stereocenters. The average Bonchev–Trinajstić information content (AvgIpc) is 3.07. The fourth-order valence-corrected chi connectivity index (χ4v) is 6.63. The normalized spacial score (nSPS) is 26.9. The molecule has 0 aliphatic carbocycles. The minimum Gasteiger partial charge on any atom is -0.508 e. The first kappa shape index (κ1) is 31.8. The van der Waals surface area contributed by atoms with Gasteiger partial charge in [-0.15, -0.1) is 0 Å². The molecule has 4 aromatic carbocycles. The molecular formula is C36H36FNO8. The molecule has 0 saturated carbocycles. The van der Waals surface area contributed by atoms with Crippen molar-refractivity contribution in [3.8, 4) is 16.9 Å². The third-order valence-electron chi connectivity index (χ3n) is 9.08. The summed E-state index contributed by atoms with van der Waals surface area (Å²) in [6.07, 6.45) is -7.38. The number of hydrogen-bond acceptors (Lipinski definition) is 8. The zero-order chi connectivity index (χ0) is 32.5. The van der Waals surface area contributed by atoms with Gasteiger partial charge >= 0.3 is 0 Å². The number of phenols is 1. The standard InChI is InChI=1S/C36H36FNO8/c37-27-13-7-6-12-24(27)28(40)17-16-26-31(38(36(26)45)21-8-2-1-3-9-21)25-15-14-20(18-29(25)41)22-10-4-5-11-23(22)35-34(44)33(43)32(42)30(19-39)46-35/h1-15,18,26,28,30-35,39-44H,16-17,19H2/t26-,28+,30-,31-,32-,33+,34-,35+/m1/s1. The Kier molecular flexibility index (Phi) is 9.19. The molecule has 240 valence electrons. The average molecular weight is 630 g/mol. The first-order chi connectivity index (χ1) is 22.2. The number of rotatable bonds is 9. The van der Waals surface area contributed by atoms with Crippen LogP contribution in [0.25, 0.3) is 11.1 Å². The van der Waals surface area contributed by atoms with Crippen LogP contribution in [0.3, 0.4) is 0 Å². The van der Waals surface area contributed by atoms with Gasteiger partial charge in [-0.2, -0.15) is 0 Å². The maximum atomic E-state index is 14.3. The molecule has 0 spiro atoms. The molecule has 1 amide bonds. The number of aliphatic hydroxyl groups excluding tert-OH is 5. The second-order valence-corrected chi connectivity index (χ2v) is 11.8. The number of carbonyl (C=O) groups is 1. The summed E-state index contributed by atoms with van der Waals surface area (Å²) < 4.78 is 20.1. The van der Waals surface area contributed by atoms with Crippen LogP contribution in [0.1, 0.15) is 47.8 Å². The molecule has 4 aromatic rings. The highest BCUT2D eigenvalue weighted by molar-refractivity contribution is 6.03. The zero-order valence-electron chi connectivity index (χ0n) is 24.8. The lowest BCUT2D eigenvalue weighted by atomic mass is 9.77. The molecule has 46 heavy (non-hydrogen) atoms. The Balaban J connectivity index is 1.31. The number of carbonyl (C=O) groups excluding carboxylic acids is 1. The third-order valence-corrected chi connectivity index (χ3v) is 9.08. The van der Waals surface area contributed by atoms with Crippen molar-refractivity contribution < 1.29 is 44.6 Å². The van der Waals surface area contributed by atoms with Gasteiger partial charge in [-0.05, 0) is 53.8 Å². The van der Waals surface area contributed by atoms with Crippen molar-refractivity contribution in [2.75, 3.05) is 11.5 Å². The minimum absolute atomic E-state index is 0.0841. The second kappa shape index (κ2) is 13.3. The number of nitrogens with zero attached hydrogens (tertiary/aromatic N) is 1. The minimum atomic E-state index is -1.55. The Morgan fingerprint density at radius 1 is 0.826 bits per heavy atom. The van der Waals surface area contributed by atoms with Crippen molar-refractivity contribution in [2.45, 2.75) is 55.5 Å². The second-order valence-electron chi connectivity index (χ2n) is 11.8. The molecule has 2 aliphatic rings. The number of aliphatic hydroxyl groups is 5. The van der Waals surface area contributed by atoms with Gasteiger partial charge in [0.25, 0.3) is 0 Å². The van der Waals surface area contributed by atoms with E-state index in [-0.39, 0.29) is 30.1 Å². The third kappa shape index (κ3) is 5.79. The van der Waals surface area contributed by atoms with Gasteiger partial charge in [-0.1, -0.05) is 72.8 Å². The molecule has 2 heterocycles. The number of phenolic OH excluding ortho intramolecular Hbond substituents is 1. The van der Waals surface area contributed by atoms with Crippen LogP contribution >= 0.6 is 0 Å². The van der Waals surface area contributed by atoms with Crippen LogP contribution in [0.2, 0.25) is 0 Å². The summed E-state index contributed by atoms with van der Waals surface area (Å²) in [4.78, 5) is 15.1. The van der Waals surface area contributed by atoms with E-state index in [1.807, 2.05) is 18.2 Å². The maximum absolute atomic E-state index is 14.3. The highest BCUT2D eigenvalue weighted by Crippen LogP contribution is 2.49. The summed E-state index contributed by atoms with van der Waals surface area (Å²) >= 11 is 0. The SMILES string of the molecule is O=C1[C@H](CC[C@H](O)c2ccccc2F)[C@@H](c2ccc(-c3ccccc3[C@@H]3O[C@H](CO)[C@@H](O)[C@H](O)[C@H]3O)cc2O)N1c1ccccc1. The highest BCUT2D eigenvalue weighted by Gasteiger charge is 2.49. The van der Waals surface area contributed by atoms with Gasteiger partial charge in [0.05, 0.1) is 24.7 Å². The monoisotopic (exact) mass is 629 g/mol. The predicted molar refractivity (Wildman–Crippen MR) is 167 cm³/mol. The van der Waals surface area contributed by atoms with E-state index in [1.54, 1.807) is 71.6 Å². The molecule has 0 unspecified atom stereocenters. The maximum Gasteiger partial charge on any atom is 0.233 e. The Labute approximate surface area is 265 Å². The van der Waals surface area contributed by atoms with Crippen molar-refractivity contribution >= 4 is 11.6 Å². The molecule has 10 heteroatoms. The number of halogens is 1. The topological polar surface area (TPSA) is 151 Å². The number of hydrogen-bond donors (Lipinski definition) is 6. The summed E-state index contributed by atoms with van der Waals surface area (Å²) in [6, 6.07) is 26.5. The van der Waals surface area contributed by atoms with Crippen molar-refractivity contribution in [2.24, 2.45) is 5.92 Å². The van der Waals surface area contributed by atoms with Gasteiger partial charge in [0.15, 0.2) is 0 Å². The van der Waals surface area contributed by atoms with E-state index in [1.165, 1.54) is 12.1 Å². The summed E-state index contributed by atoms with van der Waals surface area (Å²) in [7, 11) is 0. The molecule has 0 radical (unpaired) electrons. The summed E-state index contributed by atoms with van der Waals surface area (Å²) in [5.74, 6) is -1.36. The summed E-state index contributed by atoms with van der Waals surface area (Å²) in [5.41, 5.74) is 2.94. The lowest BCUT2D eigenvalue weighted by Gasteiger charge is -2.48. The Hall–Kier alpha value is -4.16. The van der Waals surface area contributed by atoms with E-state index in [0.29, 0.717) is 27.9 Å². The number of anilines is 1. The van der Waals surface area contributed by atoms with Gasteiger partial charge in [0, 0.05) is 16.8 Å². The van der Waals surface area contributed by atoms with Gasteiger partial charge in [-0.25, -0.2) is 4.39 Å². The molecule has 6 N–H and O–H groups in total.